The van der Waals surface area contributed by atoms with Crippen LogP contribution in [-0.2, 0) is 4.79 Å². The van der Waals surface area contributed by atoms with E-state index in [1.165, 1.54) is 0 Å². The number of halogens is 3. The van der Waals surface area contributed by atoms with E-state index in [0.29, 0.717) is 6.54 Å². The fourth-order valence-corrected chi connectivity index (χ4v) is 2.46. The van der Waals surface area contributed by atoms with E-state index in [4.69, 9.17) is 5.73 Å². The van der Waals surface area contributed by atoms with Gasteiger partial charge >= 0.3 is 0 Å². The highest BCUT2D eigenvalue weighted by atomic mass is 35.5. The monoisotopic (exact) mass is 319 g/mol. The van der Waals surface area contributed by atoms with E-state index in [1.807, 2.05) is 4.90 Å². The van der Waals surface area contributed by atoms with Gasteiger partial charge in [-0.1, -0.05) is 6.92 Å². The Labute approximate surface area is 129 Å². The van der Waals surface area contributed by atoms with Crippen LogP contribution in [0.1, 0.15) is 13.3 Å². The minimum atomic E-state index is -0.711. The number of hydrogen-bond donors (Lipinski definition) is 2. The molecule has 1 saturated heterocycles. The molecule has 0 saturated carbocycles. The van der Waals surface area contributed by atoms with Crippen molar-refractivity contribution in [2.45, 2.75) is 13.3 Å². The molecule has 0 aromatic heterocycles. The van der Waals surface area contributed by atoms with Gasteiger partial charge in [-0.25, -0.2) is 8.78 Å². The highest BCUT2D eigenvalue weighted by Crippen LogP contribution is 2.28. The molecule has 1 unspecified atom stereocenters. The van der Waals surface area contributed by atoms with E-state index in [9.17, 15) is 13.6 Å². The maximum atomic E-state index is 13.0. The van der Waals surface area contributed by atoms with Gasteiger partial charge in [0.2, 0.25) is 5.91 Å². The molecule has 0 radical (unpaired) electrons. The fraction of sp³-hybridized carbons (Fsp3) is 0.500. The van der Waals surface area contributed by atoms with Crippen molar-refractivity contribution in [1.82, 2.24) is 4.90 Å². The van der Waals surface area contributed by atoms with Crippen LogP contribution in [0.4, 0.5) is 14.5 Å². The minimum Gasteiger partial charge on any atom is -0.330 e. The van der Waals surface area contributed by atoms with Gasteiger partial charge in [0.25, 0.3) is 0 Å². The predicted octanol–water partition coefficient (Wildman–Crippen LogP) is 2.00. The second-order valence-corrected chi connectivity index (χ2v) is 5.68. The van der Waals surface area contributed by atoms with E-state index < -0.39 is 11.6 Å². The summed E-state index contributed by atoms with van der Waals surface area (Å²) < 4.78 is 26.0. The SMILES string of the molecule is CC1(CN)CCN(CC(=O)Nc2cc(F)cc(F)c2)C1.Cl. The molecule has 0 aliphatic carbocycles. The van der Waals surface area contributed by atoms with E-state index in [2.05, 4.69) is 12.2 Å². The van der Waals surface area contributed by atoms with Crippen molar-refractivity contribution in [1.29, 1.82) is 0 Å². The zero-order valence-electron chi connectivity index (χ0n) is 11.9. The molecule has 1 atom stereocenters. The Morgan fingerprint density at radius 3 is 2.52 bits per heavy atom. The Bertz CT molecular complexity index is 495. The van der Waals surface area contributed by atoms with Gasteiger partial charge in [0.15, 0.2) is 0 Å². The van der Waals surface area contributed by atoms with Crippen LogP contribution in [0, 0.1) is 17.0 Å². The number of likely N-dealkylation sites (tertiary alicyclic amines) is 1. The van der Waals surface area contributed by atoms with Gasteiger partial charge in [0.1, 0.15) is 11.6 Å². The van der Waals surface area contributed by atoms with E-state index in [1.54, 1.807) is 0 Å². The van der Waals surface area contributed by atoms with Crippen LogP contribution in [-0.4, -0.2) is 37.0 Å². The predicted molar refractivity (Wildman–Crippen MR) is 80.5 cm³/mol. The lowest BCUT2D eigenvalue weighted by atomic mass is 9.90. The Balaban J connectivity index is 0.00000220. The summed E-state index contributed by atoms with van der Waals surface area (Å²) in [7, 11) is 0. The number of amides is 1. The molecule has 0 spiro atoms. The summed E-state index contributed by atoms with van der Waals surface area (Å²) >= 11 is 0. The molecule has 4 nitrogen and oxygen atoms in total. The van der Waals surface area contributed by atoms with Crippen LogP contribution >= 0.6 is 12.4 Å². The third-order valence-electron chi connectivity index (χ3n) is 3.64. The zero-order valence-corrected chi connectivity index (χ0v) is 12.7. The van der Waals surface area contributed by atoms with Gasteiger partial charge in [-0.2, -0.15) is 0 Å². The molecule has 1 heterocycles. The summed E-state index contributed by atoms with van der Waals surface area (Å²) in [6.07, 6.45) is 0.950. The highest BCUT2D eigenvalue weighted by Gasteiger charge is 2.33. The molecular formula is C14H20ClF2N3O. The second kappa shape index (κ2) is 7.15. The lowest BCUT2D eigenvalue weighted by Gasteiger charge is -2.22. The van der Waals surface area contributed by atoms with Crippen molar-refractivity contribution in [3.8, 4) is 0 Å². The lowest BCUT2D eigenvalue weighted by Crippen LogP contribution is -2.35. The Kier molecular flexibility index (Phi) is 6.07. The molecule has 0 bridgehead atoms. The fourth-order valence-electron chi connectivity index (χ4n) is 2.46. The number of rotatable bonds is 4. The molecule has 118 valence electrons. The standard InChI is InChI=1S/C14H19F2N3O.ClH/c1-14(8-17)2-3-19(9-14)7-13(20)18-12-5-10(15)4-11(16)6-12;/h4-6H,2-3,7-9,17H2,1H3,(H,18,20);1H. The van der Waals surface area contributed by atoms with Crippen molar-refractivity contribution in [3.05, 3.63) is 29.8 Å². The van der Waals surface area contributed by atoms with Gasteiger partial charge in [-0.05, 0) is 37.1 Å². The second-order valence-electron chi connectivity index (χ2n) is 5.68. The van der Waals surface area contributed by atoms with Crippen LogP contribution in [0.2, 0.25) is 0 Å². The van der Waals surface area contributed by atoms with Gasteiger partial charge < -0.3 is 11.1 Å². The first-order valence-electron chi connectivity index (χ1n) is 6.59. The first-order valence-corrected chi connectivity index (χ1v) is 6.59. The summed E-state index contributed by atoms with van der Waals surface area (Å²) in [5.41, 5.74) is 5.89. The number of benzene rings is 1. The molecule has 1 amide bonds. The van der Waals surface area contributed by atoms with Crippen LogP contribution in [0.5, 0.6) is 0 Å². The van der Waals surface area contributed by atoms with E-state index in [0.717, 1.165) is 37.7 Å². The van der Waals surface area contributed by atoms with Crippen molar-refractivity contribution in [2.75, 3.05) is 31.5 Å². The largest absolute Gasteiger partial charge is 0.330 e. The van der Waals surface area contributed by atoms with Crippen molar-refractivity contribution in [3.63, 3.8) is 0 Å². The molecule has 1 fully saturated rings. The summed E-state index contributed by atoms with van der Waals surface area (Å²) in [5, 5.41) is 2.50. The minimum absolute atomic E-state index is 0. The highest BCUT2D eigenvalue weighted by molar-refractivity contribution is 5.92. The molecule has 1 aromatic carbocycles. The van der Waals surface area contributed by atoms with E-state index >= 15 is 0 Å². The number of nitrogens with two attached hydrogens (primary N) is 1. The van der Waals surface area contributed by atoms with Crippen LogP contribution < -0.4 is 11.1 Å². The van der Waals surface area contributed by atoms with Crippen molar-refractivity contribution >= 4 is 24.0 Å². The van der Waals surface area contributed by atoms with Crippen LogP contribution in [0.15, 0.2) is 18.2 Å². The van der Waals surface area contributed by atoms with Gasteiger partial charge in [-0.15, -0.1) is 12.4 Å². The van der Waals surface area contributed by atoms with Crippen molar-refractivity contribution in [2.24, 2.45) is 11.1 Å². The molecule has 1 aliphatic heterocycles. The molecule has 1 aliphatic rings. The number of carbonyl (C=O) groups excluding carboxylic acids is 1. The summed E-state index contributed by atoms with van der Waals surface area (Å²) in [4.78, 5) is 13.9. The Morgan fingerprint density at radius 1 is 1.38 bits per heavy atom. The third-order valence-corrected chi connectivity index (χ3v) is 3.64. The maximum Gasteiger partial charge on any atom is 0.238 e. The van der Waals surface area contributed by atoms with Crippen LogP contribution in [0.3, 0.4) is 0 Å². The lowest BCUT2D eigenvalue weighted by molar-refractivity contribution is -0.117. The summed E-state index contributed by atoms with van der Waals surface area (Å²) in [6, 6.07) is 2.95. The molecule has 21 heavy (non-hydrogen) atoms. The zero-order chi connectivity index (χ0) is 14.8. The quantitative estimate of drug-likeness (QED) is 0.892. The Morgan fingerprint density at radius 2 is 2.00 bits per heavy atom. The third kappa shape index (κ3) is 4.91. The normalized spacial score (nSPS) is 21.9. The van der Waals surface area contributed by atoms with Crippen molar-refractivity contribution < 1.29 is 13.6 Å². The topological polar surface area (TPSA) is 58.4 Å². The molecule has 3 N–H and O–H groups in total. The molecule has 7 heteroatoms. The molecule has 1 aromatic rings. The van der Waals surface area contributed by atoms with Gasteiger partial charge in [0.05, 0.1) is 6.54 Å². The average molecular weight is 320 g/mol. The molecular weight excluding hydrogens is 300 g/mol. The summed E-state index contributed by atoms with van der Waals surface area (Å²) in [5.74, 6) is -1.70. The number of anilines is 1. The Hall–Kier alpha value is -1.24. The average Bonchev–Trinajstić information content (AvgIpc) is 2.70. The summed E-state index contributed by atoms with van der Waals surface area (Å²) in [6.45, 7) is 4.44. The van der Waals surface area contributed by atoms with Crippen LogP contribution in [0.25, 0.3) is 0 Å². The number of nitrogens with one attached hydrogen (secondary N) is 1. The maximum absolute atomic E-state index is 13.0. The first kappa shape index (κ1) is 17.8. The van der Waals surface area contributed by atoms with Gasteiger partial charge in [-0.3, -0.25) is 9.69 Å². The number of carbonyl (C=O) groups is 1. The van der Waals surface area contributed by atoms with Gasteiger partial charge in [0, 0.05) is 18.3 Å². The van der Waals surface area contributed by atoms with E-state index in [-0.39, 0.29) is 36.0 Å². The number of hydrogen-bond acceptors (Lipinski definition) is 3. The smallest absolute Gasteiger partial charge is 0.238 e. The molecule has 2 rings (SSSR count). The number of nitrogens with zero attached hydrogens (tertiary/aromatic N) is 1. The first-order chi connectivity index (χ1) is 9.40.